The van der Waals surface area contributed by atoms with Crippen LogP contribution >= 0.6 is 11.8 Å². The van der Waals surface area contributed by atoms with Crippen molar-refractivity contribution in [1.82, 2.24) is 20.1 Å². The Labute approximate surface area is 274 Å². The summed E-state index contributed by atoms with van der Waals surface area (Å²) >= 11 is 1.25. The van der Waals surface area contributed by atoms with Crippen LogP contribution in [0.25, 0.3) is 23.2 Å². The second-order valence-electron chi connectivity index (χ2n) is 11.3. The van der Waals surface area contributed by atoms with Gasteiger partial charge in [0, 0.05) is 11.6 Å². The number of carbonyl (C=O) groups is 2. The lowest BCUT2D eigenvalue weighted by Crippen LogP contribution is -2.34. The number of carbonyl (C=O) groups excluding carboxylic acids is 2. The fourth-order valence-electron chi connectivity index (χ4n) is 4.92. The van der Waals surface area contributed by atoms with Gasteiger partial charge in [-0.05, 0) is 79.3 Å². The number of aliphatic imine (C=N–C) groups is 1. The van der Waals surface area contributed by atoms with E-state index in [0.717, 1.165) is 27.9 Å². The van der Waals surface area contributed by atoms with Crippen LogP contribution in [0.1, 0.15) is 49.8 Å². The van der Waals surface area contributed by atoms with E-state index in [2.05, 4.69) is 39.0 Å². The van der Waals surface area contributed by atoms with Gasteiger partial charge in [-0.3, -0.25) is 9.69 Å². The van der Waals surface area contributed by atoms with E-state index in [-0.39, 0.29) is 29.4 Å². The fourth-order valence-corrected chi connectivity index (χ4v) is 5.77. The van der Waals surface area contributed by atoms with Gasteiger partial charge in [0.1, 0.15) is 12.1 Å². The number of aromatic nitrogens is 3. The number of amides is 3. The zero-order chi connectivity index (χ0) is 33.7. The van der Waals surface area contributed by atoms with Crippen molar-refractivity contribution in [2.45, 2.75) is 52.4 Å². The summed E-state index contributed by atoms with van der Waals surface area (Å²) in [5.41, 5.74) is 4.96. The van der Waals surface area contributed by atoms with Crippen LogP contribution in [0.15, 0.2) is 84.1 Å². The molecule has 3 amide bonds. The van der Waals surface area contributed by atoms with E-state index in [1.807, 2.05) is 68.5 Å². The number of anilines is 1. The summed E-state index contributed by atoms with van der Waals surface area (Å²) in [4.78, 5) is 35.8. The number of nitrogens with one attached hydrogen (secondary N) is 1. The Hall–Kier alpha value is -4.91. The molecule has 1 saturated heterocycles. The van der Waals surface area contributed by atoms with Crippen LogP contribution < -0.4 is 15.0 Å². The molecular weight excluding hydrogens is 629 g/mol. The van der Waals surface area contributed by atoms with E-state index in [1.165, 1.54) is 47.0 Å². The van der Waals surface area contributed by atoms with E-state index in [4.69, 9.17) is 0 Å². The lowest BCUT2D eigenvalue weighted by atomic mass is 9.99. The normalized spacial score (nSPS) is 15.2. The van der Waals surface area contributed by atoms with Crippen molar-refractivity contribution in [3.63, 3.8) is 0 Å². The zero-order valence-electron chi connectivity index (χ0n) is 26.2. The summed E-state index contributed by atoms with van der Waals surface area (Å²) in [7, 11) is 0. The molecule has 4 aromatic rings. The van der Waals surface area contributed by atoms with Gasteiger partial charge in [0.25, 0.3) is 0 Å². The highest BCUT2D eigenvalue weighted by Gasteiger charge is 2.33. The molecule has 1 aromatic heterocycles. The number of amidine groups is 1. The van der Waals surface area contributed by atoms with Gasteiger partial charge in [0.05, 0.1) is 17.1 Å². The number of hydrogen-bond donors (Lipinski definition) is 1. The Morgan fingerprint density at radius 1 is 1.11 bits per heavy atom. The Morgan fingerprint density at radius 3 is 2.60 bits per heavy atom. The molecule has 5 rings (SSSR count). The zero-order valence-corrected chi connectivity index (χ0v) is 27.0. The highest BCUT2D eigenvalue weighted by molar-refractivity contribution is 8.15. The molecule has 0 saturated carbocycles. The predicted octanol–water partition coefficient (Wildman–Crippen LogP) is 7.90. The number of urea groups is 1. The maximum Gasteiger partial charge on any atom is 0.573 e. The lowest BCUT2D eigenvalue weighted by molar-refractivity contribution is -0.274. The summed E-state index contributed by atoms with van der Waals surface area (Å²) in [5, 5.41) is 7.71. The molecule has 47 heavy (non-hydrogen) atoms. The second kappa shape index (κ2) is 14.2. The van der Waals surface area contributed by atoms with Crippen molar-refractivity contribution in [1.29, 1.82) is 0 Å². The molecule has 1 N–H and O–H groups in total. The Balaban J connectivity index is 1.19. The monoisotopic (exact) mass is 662 g/mol. The number of ether oxygens (including phenoxy) is 1. The SMILES string of the molecule is Cc1ccc(C(C)C)c(N2C(=O)CS/C2=N\C(=O)NC(C)C/C=C/c2cccc(-c3ncn(-c4ccc(OC(F)(F)F)cc4)n3)c2)c1. The van der Waals surface area contributed by atoms with Crippen LogP contribution in [0.3, 0.4) is 0 Å². The van der Waals surface area contributed by atoms with E-state index in [0.29, 0.717) is 23.1 Å². The first kappa shape index (κ1) is 33.5. The van der Waals surface area contributed by atoms with Crippen molar-refractivity contribution in [3.8, 4) is 22.8 Å². The molecule has 1 atom stereocenters. The Bertz CT molecular complexity index is 1820. The van der Waals surface area contributed by atoms with Gasteiger partial charge in [-0.25, -0.2) is 14.5 Å². The summed E-state index contributed by atoms with van der Waals surface area (Å²) in [6, 6.07) is 18.1. The van der Waals surface area contributed by atoms with Crippen molar-refractivity contribution in [2.24, 2.45) is 4.99 Å². The number of thioether (sulfide) groups is 1. The van der Waals surface area contributed by atoms with Crippen LogP contribution in [0.5, 0.6) is 5.75 Å². The van der Waals surface area contributed by atoms with Crippen LogP contribution in [0.4, 0.5) is 23.7 Å². The number of alkyl halides is 3. The van der Waals surface area contributed by atoms with E-state index < -0.39 is 12.4 Å². The fraction of sp³-hybridized carbons (Fsp3) is 0.265. The molecule has 13 heteroatoms. The van der Waals surface area contributed by atoms with Gasteiger partial charge in [0.2, 0.25) is 5.91 Å². The van der Waals surface area contributed by atoms with Crippen LogP contribution in [0.2, 0.25) is 0 Å². The standard InChI is InChI=1S/C34H33F3N6O3S/c1-21(2)28-16-11-22(3)17-29(28)43-30(44)19-47-33(43)40-32(45)39-23(4)7-5-8-24-9-6-10-25(18-24)31-38-20-42(41-31)26-12-14-27(15-13-26)46-34(35,36)37/h5-6,8-18,20-21,23H,7,19H2,1-4H3,(H,39,45)/b8-5+,40-33-. The van der Waals surface area contributed by atoms with Crippen LogP contribution in [-0.2, 0) is 4.79 Å². The number of halogens is 3. The maximum atomic E-state index is 12.8. The van der Waals surface area contributed by atoms with Gasteiger partial charge >= 0.3 is 12.4 Å². The molecular formula is C34H33F3N6O3S. The molecule has 9 nitrogen and oxygen atoms in total. The minimum atomic E-state index is -4.76. The number of aryl methyl sites for hydroxylation is 1. The summed E-state index contributed by atoms with van der Waals surface area (Å²) in [5.74, 6) is 0.425. The van der Waals surface area contributed by atoms with Crippen LogP contribution in [0, 0.1) is 6.92 Å². The van der Waals surface area contributed by atoms with E-state index in [9.17, 15) is 22.8 Å². The molecule has 1 unspecified atom stereocenters. The topological polar surface area (TPSA) is 102 Å². The van der Waals surface area contributed by atoms with Crippen molar-refractivity contribution in [3.05, 3.63) is 95.8 Å². The van der Waals surface area contributed by atoms with Gasteiger partial charge in [0.15, 0.2) is 11.0 Å². The number of rotatable bonds is 9. The van der Waals surface area contributed by atoms with Gasteiger partial charge in [-0.2, -0.15) is 4.99 Å². The lowest BCUT2D eigenvalue weighted by Gasteiger charge is -2.22. The third-order valence-electron chi connectivity index (χ3n) is 7.15. The minimum Gasteiger partial charge on any atom is -0.406 e. The first-order valence-corrected chi connectivity index (χ1v) is 15.8. The minimum absolute atomic E-state index is 0.108. The van der Waals surface area contributed by atoms with Gasteiger partial charge < -0.3 is 10.1 Å². The Morgan fingerprint density at radius 2 is 1.87 bits per heavy atom. The quantitative estimate of drug-likeness (QED) is 0.196. The molecule has 1 aliphatic rings. The average Bonchev–Trinajstić information content (AvgIpc) is 3.64. The average molecular weight is 663 g/mol. The Kier molecular flexibility index (Phi) is 10.1. The second-order valence-corrected chi connectivity index (χ2v) is 12.2. The third kappa shape index (κ3) is 8.67. The first-order valence-electron chi connectivity index (χ1n) is 14.9. The van der Waals surface area contributed by atoms with Crippen molar-refractivity contribution >= 4 is 40.6 Å². The maximum absolute atomic E-state index is 12.8. The van der Waals surface area contributed by atoms with Gasteiger partial charge in [-0.15, -0.1) is 18.3 Å². The molecule has 1 aliphatic heterocycles. The molecule has 0 aliphatic carbocycles. The molecule has 2 heterocycles. The number of hydrogen-bond acceptors (Lipinski definition) is 6. The molecule has 0 radical (unpaired) electrons. The smallest absolute Gasteiger partial charge is 0.406 e. The molecule has 3 aromatic carbocycles. The van der Waals surface area contributed by atoms with Gasteiger partial charge in [-0.1, -0.05) is 68.1 Å². The number of benzene rings is 3. The van der Waals surface area contributed by atoms with Crippen molar-refractivity contribution in [2.75, 3.05) is 10.7 Å². The number of nitrogens with zero attached hydrogens (tertiary/aromatic N) is 5. The largest absolute Gasteiger partial charge is 0.573 e. The van der Waals surface area contributed by atoms with Crippen molar-refractivity contribution < 1.29 is 27.5 Å². The summed E-state index contributed by atoms with van der Waals surface area (Å²) in [6.45, 7) is 7.97. The van der Waals surface area contributed by atoms with E-state index in [1.54, 1.807) is 4.90 Å². The molecule has 1 fully saturated rings. The molecule has 0 bridgehead atoms. The molecule has 244 valence electrons. The third-order valence-corrected chi connectivity index (χ3v) is 8.08. The summed E-state index contributed by atoms with van der Waals surface area (Å²) in [6.07, 6.45) is 1.12. The summed E-state index contributed by atoms with van der Waals surface area (Å²) < 4.78 is 42.7. The van der Waals surface area contributed by atoms with E-state index >= 15 is 0 Å². The van der Waals surface area contributed by atoms with Crippen LogP contribution in [-0.4, -0.2) is 50.0 Å². The highest BCUT2D eigenvalue weighted by Crippen LogP contribution is 2.34. The molecule has 0 spiro atoms. The highest BCUT2D eigenvalue weighted by atomic mass is 32.2. The first-order chi connectivity index (χ1) is 22.4. The predicted molar refractivity (Wildman–Crippen MR) is 178 cm³/mol.